The summed E-state index contributed by atoms with van der Waals surface area (Å²) >= 11 is 3.68. The number of aromatic nitrogens is 1. The Morgan fingerprint density at radius 3 is 2.64 bits per heavy atom. The summed E-state index contributed by atoms with van der Waals surface area (Å²) < 4.78 is 39.7. The van der Waals surface area contributed by atoms with Gasteiger partial charge in [0.15, 0.2) is 5.75 Å². The average molecular weight is 243 g/mol. The standard InChI is InChI=1S/C6H4F3NO2S2/c7-6(8,9)12-4-2-1-3-10(14-13)5(4)11/h1-3,13H. The quantitative estimate of drug-likeness (QED) is 0.637. The number of pyridine rings is 1. The minimum atomic E-state index is -4.86. The van der Waals surface area contributed by atoms with Gasteiger partial charge in [0, 0.05) is 17.2 Å². The van der Waals surface area contributed by atoms with E-state index in [0.717, 1.165) is 10.0 Å². The number of alkyl halides is 3. The van der Waals surface area contributed by atoms with Crippen molar-refractivity contribution >= 4 is 22.6 Å². The van der Waals surface area contributed by atoms with E-state index in [0.29, 0.717) is 11.0 Å². The van der Waals surface area contributed by atoms with E-state index >= 15 is 0 Å². The molecule has 0 aliphatic rings. The van der Waals surface area contributed by atoms with Gasteiger partial charge in [-0.3, -0.25) is 4.79 Å². The molecule has 0 unspecified atom stereocenters. The molecule has 78 valence electrons. The van der Waals surface area contributed by atoms with Crippen LogP contribution in [-0.4, -0.2) is 10.3 Å². The minimum absolute atomic E-state index is 0.687. The van der Waals surface area contributed by atoms with Crippen LogP contribution >= 0.6 is 22.6 Å². The van der Waals surface area contributed by atoms with Crippen molar-refractivity contribution in [1.29, 1.82) is 0 Å². The maximum absolute atomic E-state index is 11.8. The number of hydrogen-bond donors (Lipinski definition) is 1. The first-order valence-corrected chi connectivity index (χ1v) is 5.06. The second-order valence-corrected chi connectivity index (χ2v) is 3.18. The molecule has 0 saturated heterocycles. The van der Waals surface area contributed by atoms with Crippen molar-refractivity contribution in [2.24, 2.45) is 0 Å². The van der Waals surface area contributed by atoms with Crippen molar-refractivity contribution in [2.45, 2.75) is 6.36 Å². The summed E-state index contributed by atoms with van der Waals surface area (Å²) in [7, 11) is 0.687. The molecule has 0 fully saturated rings. The highest BCUT2D eigenvalue weighted by molar-refractivity contribution is 8.67. The highest BCUT2D eigenvalue weighted by atomic mass is 33.1. The van der Waals surface area contributed by atoms with Crippen LogP contribution in [-0.2, 0) is 0 Å². The maximum atomic E-state index is 11.8. The summed E-state index contributed by atoms with van der Waals surface area (Å²) in [4.78, 5) is 11.1. The van der Waals surface area contributed by atoms with Gasteiger partial charge in [0.2, 0.25) is 0 Å². The summed E-state index contributed by atoms with van der Waals surface area (Å²) in [6, 6.07) is 2.20. The Morgan fingerprint density at radius 1 is 1.50 bits per heavy atom. The first-order valence-electron chi connectivity index (χ1n) is 3.23. The average Bonchev–Trinajstić information content (AvgIpc) is 2.06. The van der Waals surface area contributed by atoms with Crippen molar-refractivity contribution in [2.75, 3.05) is 0 Å². The number of nitrogens with zero attached hydrogens (tertiary/aromatic N) is 1. The van der Waals surface area contributed by atoms with Gasteiger partial charge in [-0.15, -0.1) is 13.2 Å². The van der Waals surface area contributed by atoms with E-state index < -0.39 is 17.7 Å². The van der Waals surface area contributed by atoms with Crippen molar-refractivity contribution in [3.05, 3.63) is 28.7 Å². The molecular formula is C6H4F3NO2S2. The zero-order valence-electron chi connectivity index (χ0n) is 6.49. The van der Waals surface area contributed by atoms with Crippen LogP contribution in [0.4, 0.5) is 13.2 Å². The van der Waals surface area contributed by atoms with Gasteiger partial charge < -0.3 is 4.74 Å². The molecule has 1 aromatic heterocycles. The van der Waals surface area contributed by atoms with Gasteiger partial charge in [0.05, 0.1) is 0 Å². The fraction of sp³-hybridized carbons (Fsp3) is 0.167. The van der Waals surface area contributed by atoms with Crippen molar-refractivity contribution < 1.29 is 17.9 Å². The van der Waals surface area contributed by atoms with Crippen LogP contribution in [0.5, 0.6) is 5.75 Å². The Hall–Kier alpha value is -0.760. The zero-order chi connectivity index (χ0) is 10.8. The molecule has 8 heteroatoms. The van der Waals surface area contributed by atoms with Gasteiger partial charge in [-0.1, -0.05) is 11.7 Å². The fourth-order valence-electron chi connectivity index (χ4n) is 0.723. The summed E-state index contributed by atoms with van der Waals surface area (Å²) in [6.45, 7) is 0. The Bertz CT molecular complexity index is 376. The van der Waals surface area contributed by atoms with Crippen molar-refractivity contribution in [3.63, 3.8) is 0 Å². The molecule has 0 amide bonds. The molecule has 0 aromatic carbocycles. The van der Waals surface area contributed by atoms with Crippen LogP contribution < -0.4 is 10.3 Å². The van der Waals surface area contributed by atoms with E-state index in [4.69, 9.17) is 0 Å². The molecule has 0 N–H and O–H groups in total. The van der Waals surface area contributed by atoms with Gasteiger partial charge in [-0.05, 0) is 12.1 Å². The number of halogens is 3. The number of rotatable bonds is 2. The third-order valence-corrected chi connectivity index (χ3v) is 2.18. The third kappa shape index (κ3) is 2.88. The second kappa shape index (κ2) is 4.18. The lowest BCUT2D eigenvalue weighted by Crippen LogP contribution is -2.24. The van der Waals surface area contributed by atoms with Crippen LogP contribution in [0.1, 0.15) is 0 Å². The monoisotopic (exact) mass is 243 g/mol. The molecule has 0 bridgehead atoms. The Labute approximate surface area is 85.8 Å². The van der Waals surface area contributed by atoms with E-state index in [1.54, 1.807) is 0 Å². The summed E-state index contributed by atoms with van der Waals surface area (Å²) in [5.74, 6) is -0.776. The Kier molecular flexibility index (Phi) is 3.38. The smallest absolute Gasteiger partial charge is 0.400 e. The highest BCUT2D eigenvalue weighted by Crippen LogP contribution is 2.20. The van der Waals surface area contributed by atoms with Crippen molar-refractivity contribution in [1.82, 2.24) is 3.97 Å². The van der Waals surface area contributed by atoms with Crippen LogP contribution in [0.15, 0.2) is 23.1 Å². The molecule has 1 aromatic rings. The van der Waals surface area contributed by atoms with Crippen LogP contribution in [0, 0.1) is 0 Å². The third-order valence-electron chi connectivity index (χ3n) is 1.19. The zero-order valence-corrected chi connectivity index (χ0v) is 8.20. The van der Waals surface area contributed by atoms with Crippen LogP contribution in [0.3, 0.4) is 0 Å². The van der Waals surface area contributed by atoms with E-state index in [-0.39, 0.29) is 0 Å². The lowest BCUT2D eigenvalue weighted by molar-refractivity contribution is -0.275. The largest absolute Gasteiger partial charge is 0.573 e. The van der Waals surface area contributed by atoms with Gasteiger partial charge in [0.25, 0.3) is 0 Å². The lowest BCUT2D eigenvalue weighted by atomic mass is 10.5. The molecule has 0 spiro atoms. The molecule has 1 heterocycles. The summed E-state index contributed by atoms with van der Waals surface area (Å²) in [5, 5.41) is 0. The first kappa shape index (κ1) is 11.3. The summed E-state index contributed by atoms with van der Waals surface area (Å²) in [6.07, 6.45) is -3.58. The van der Waals surface area contributed by atoms with Gasteiger partial charge in [-0.25, -0.2) is 3.97 Å². The minimum Gasteiger partial charge on any atom is -0.400 e. The number of hydrogen-bond acceptors (Lipinski definition) is 4. The van der Waals surface area contributed by atoms with Gasteiger partial charge in [-0.2, -0.15) is 0 Å². The molecule has 0 radical (unpaired) electrons. The SMILES string of the molecule is O=c1c(OC(F)(F)F)cccn1SS. The van der Waals surface area contributed by atoms with Crippen LogP contribution in [0.25, 0.3) is 0 Å². The molecule has 3 nitrogen and oxygen atoms in total. The first-order chi connectivity index (χ1) is 6.44. The molecule has 1 rings (SSSR count). The fourth-order valence-corrected chi connectivity index (χ4v) is 1.40. The Morgan fingerprint density at radius 2 is 2.14 bits per heavy atom. The van der Waals surface area contributed by atoms with Gasteiger partial charge >= 0.3 is 11.9 Å². The molecule has 0 aliphatic heterocycles. The molecule has 0 saturated carbocycles. The summed E-state index contributed by atoms with van der Waals surface area (Å²) in [5.41, 5.74) is -0.898. The van der Waals surface area contributed by atoms with Gasteiger partial charge in [0.1, 0.15) is 0 Å². The second-order valence-electron chi connectivity index (χ2n) is 2.13. The molecule has 14 heavy (non-hydrogen) atoms. The molecule has 0 aliphatic carbocycles. The maximum Gasteiger partial charge on any atom is 0.573 e. The highest BCUT2D eigenvalue weighted by Gasteiger charge is 2.32. The normalized spacial score (nSPS) is 11.4. The van der Waals surface area contributed by atoms with E-state index in [1.165, 1.54) is 12.3 Å². The molecular weight excluding hydrogens is 239 g/mol. The van der Waals surface area contributed by atoms with Crippen molar-refractivity contribution in [3.8, 4) is 5.75 Å². The number of thiol groups is 1. The number of ether oxygens (including phenoxy) is 1. The Balaban J connectivity index is 3.05. The van der Waals surface area contributed by atoms with E-state index in [2.05, 4.69) is 16.4 Å². The predicted molar refractivity (Wildman–Crippen MR) is 49.4 cm³/mol. The van der Waals surface area contributed by atoms with E-state index in [1.807, 2.05) is 0 Å². The predicted octanol–water partition coefficient (Wildman–Crippen LogP) is 2.09. The van der Waals surface area contributed by atoms with Crippen LogP contribution in [0.2, 0.25) is 0 Å². The molecule has 0 atom stereocenters. The lowest BCUT2D eigenvalue weighted by Gasteiger charge is -2.08. The van der Waals surface area contributed by atoms with E-state index in [9.17, 15) is 18.0 Å². The topological polar surface area (TPSA) is 31.2 Å².